The molecule has 0 aromatic heterocycles. The van der Waals surface area contributed by atoms with Gasteiger partial charge >= 0.3 is 5.97 Å². The van der Waals surface area contributed by atoms with Crippen LogP contribution in [-0.2, 0) is 14.3 Å². The zero-order valence-electron chi connectivity index (χ0n) is 14.7. The Kier molecular flexibility index (Phi) is 5.72. The predicted molar refractivity (Wildman–Crippen MR) is 103 cm³/mol. The first-order valence-corrected chi connectivity index (χ1v) is 9.14. The highest BCUT2D eigenvalue weighted by Gasteiger charge is 2.25. The number of benzene rings is 1. The largest absolute Gasteiger partial charge is 0.466 e. The third-order valence-corrected chi connectivity index (χ3v) is 5.07. The van der Waals surface area contributed by atoms with Crippen LogP contribution >= 0.6 is 11.8 Å². The van der Waals surface area contributed by atoms with E-state index in [0.29, 0.717) is 5.17 Å². The number of amides is 1. The SMILES string of the molecule is COC(=O)/C=C1/S/C(=N\N=Cc2ccc(N3CCCC3)cc2C)NC1=O. The van der Waals surface area contributed by atoms with Gasteiger partial charge in [0, 0.05) is 24.9 Å². The fraction of sp³-hybridized carbons (Fsp3) is 0.333. The molecule has 136 valence electrons. The maximum absolute atomic E-state index is 11.7. The van der Waals surface area contributed by atoms with E-state index in [-0.39, 0.29) is 10.8 Å². The highest BCUT2D eigenvalue weighted by molar-refractivity contribution is 8.18. The third-order valence-electron chi connectivity index (χ3n) is 4.17. The maximum atomic E-state index is 11.7. The molecule has 2 aliphatic rings. The van der Waals surface area contributed by atoms with Crippen molar-refractivity contribution in [3.63, 3.8) is 0 Å². The zero-order chi connectivity index (χ0) is 18.5. The summed E-state index contributed by atoms with van der Waals surface area (Å²) < 4.78 is 4.51. The molecule has 8 heteroatoms. The van der Waals surface area contributed by atoms with Crippen LogP contribution in [0.3, 0.4) is 0 Å². The van der Waals surface area contributed by atoms with Crippen LogP contribution in [0.15, 0.2) is 39.4 Å². The summed E-state index contributed by atoms with van der Waals surface area (Å²) in [5.41, 5.74) is 3.32. The molecule has 1 N–H and O–H groups in total. The lowest BCUT2D eigenvalue weighted by Crippen LogP contribution is -2.19. The summed E-state index contributed by atoms with van der Waals surface area (Å²) in [6, 6.07) is 6.27. The first-order chi connectivity index (χ1) is 12.6. The molecule has 2 fully saturated rings. The van der Waals surface area contributed by atoms with Gasteiger partial charge in [0.1, 0.15) is 0 Å². The average molecular weight is 372 g/mol. The Balaban J connectivity index is 1.67. The molecular weight excluding hydrogens is 352 g/mol. The van der Waals surface area contributed by atoms with Gasteiger partial charge in [-0.15, -0.1) is 5.10 Å². The molecule has 0 radical (unpaired) electrons. The van der Waals surface area contributed by atoms with E-state index in [9.17, 15) is 9.59 Å². The first-order valence-electron chi connectivity index (χ1n) is 8.32. The second kappa shape index (κ2) is 8.18. The zero-order valence-corrected chi connectivity index (χ0v) is 15.5. The molecular formula is C18H20N4O3S. The van der Waals surface area contributed by atoms with Crippen molar-refractivity contribution < 1.29 is 14.3 Å². The normalized spacial score (nSPS) is 20.4. The van der Waals surface area contributed by atoms with Gasteiger partial charge in [0.05, 0.1) is 18.2 Å². The van der Waals surface area contributed by atoms with Gasteiger partial charge in [0.25, 0.3) is 5.91 Å². The van der Waals surface area contributed by atoms with Gasteiger partial charge < -0.3 is 9.64 Å². The number of hydrogen-bond donors (Lipinski definition) is 1. The van der Waals surface area contributed by atoms with Gasteiger partial charge in [0.15, 0.2) is 5.17 Å². The Morgan fingerprint density at radius 1 is 1.35 bits per heavy atom. The lowest BCUT2D eigenvalue weighted by atomic mass is 10.1. The van der Waals surface area contributed by atoms with Gasteiger partial charge in [0.2, 0.25) is 0 Å². The van der Waals surface area contributed by atoms with Crippen LogP contribution in [0.1, 0.15) is 24.0 Å². The Morgan fingerprint density at radius 3 is 2.81 bits per heavy atom. The summed E-state index contributed by atoms with van der Waals surface area (Å²) in [7, 11) is 1.26. The van der Waals surface area contributed by atoms with Crippen molar-refractivity contribution >= 4 is 40.7 Å². The molecule has 2 heterocycles. The van der Waals surface area contributed by atoms with Crippen molar-refractivity contribution in [2.24, 2.45) is 10.2 Å². The monoisotopic (exact) mass is 372 g/mol. The van der Waals surface area contributed by atoms with Crippen LogP contribution < -0.4 is 10.2 Å². The lowest BCUT2D eigenvalue weighted by Gasteiger charge is -2.18. The van der Waals surface area contributed by atoms with E-state index in [1.807, 2.05) is 13.0 Å². The quantitative estimate of drug-likeness (QED) is 0.379. The van der Waals surface area contributed by atoms with Crippen molar-refractivity contribution in [3.8, 4) is 0 Å². The number of nitrogens with zero attached hydrogens (tertiary/aromatic N) is 3. The molecule has 1 aromatic rings. The van der Waals surface area contributed by atoms with E-state index in [2.05, 4.69) is 37.3 Å². The summed E-state index contributed by atoms with van der Waals surface area (Å²) in [5.74, 6) is -0.971. The first kappa shape index (κ1) is 18.2. The number of hydrogen-bond acceptors (Lipinski definition) is 7. The average Bonchev–Trinajstić information content (AvgIpc) is 3.27. The van der Waals surface area contributed by atoms with Crippen LogP contribution in [0.25, 0.3) is 0 Å². The van der Waals surface area contributed by atoms with Crippen LogP contribution in [0.2, 0.25) is 0 Å². The number of carbonyl (C=O) groups is 2. The standard InChI is InChI=1S/C18H20N4O3S/c1-12-9-14(22-7-3-4-8-22)6-5-13(12)11-19-21-18-20-17(24)15(26-18)10-16(23)25-2/h5-6,9-11H,3-4,7-8H2,1-2H3,(H,20,21,24)/b15-10+,19-11?. The van der Waals surface area contributed by atoms with Crippen molar-refractivity contribution in [2.75, 3.05) is 25.1 Å². The molecule has 2 saturated heterocycles. The summed E-state index contributed by atoms with van der Waals surface area (Å²) >= 11 is 1.05. The summed E-state index contributed by atoms with van der Waals surface area (Å²) in [6.45, 7) is 4.26. The van der Waals surface area contributed by atoms with Crippen LogP contribution in [0.5, 0.6) is 0 Å². The van der Waals surface area contributed by atoms with E-state index < -0.39 is 5.97 Å². The van der Waals surface area contributed by atoms with Gasteiger partial charge in [-0.25, -0.2) is 4.79 Å². The van der Waals surface area contributed by atoms with Crippen LogP contribution in [0, 0.1) is 6.92 Å². The molecule has 0 unspecified atom stereocenters. The summed E-state index contributed by atoms with van der Waals surface area (Å²) in [6.07, 6.45) is 5.28. The molecule has 0 aliphatic carbocycles. The van der Waals surface area contributed by atoms with E-state index in [0.717, 1.165) is 42.1 Å². The third kappa shape index (κ3) is 4.32. The topological polar surface area (TPSA) is 83.4 Å². The Bertz CT molecular complexity index is 811. The highest BCUT2D eigenvalue weighted by atomic mass is 32.2. The Labute approximate surface area is 156 Å². The molecule has 2 aliphatic heterocycles. The molecule has 0 atom stereocenters. The van der Waals surface area contributed by atoms with E-state index >= 15 is 0 Å². The van der Waals surface area contributed by atoms with Crippen molar-refractivity contribution in [3.05, 3.63) is 40.3 Å². The lowest BCUT2D eigenvalue weighted by molar-refractivity contribution is -0.135. The number of rotatable bonds is 4. The minimum atomic E-state index is -0.582. The smallest absolute Gasteiger partial charge is 0.331 e. The Hall–Kier alpha value is -2.61. The molecule has 0 bridgehead atoms. The summed E-state index contributed by atoms with van der Waals surface area (Å²) in [5, 5.41) is 10.9. The van der Waals surface area contributed by atoms with Crippen molar-refractivity contribution in [1.82, 2.24) is 5.32 Å². The number of esters is 1. The highest BCUT2D eigenvalue weighted by Crippen LogP contribution is 2.24. The Morgan fingerprint density at radius 2 is 2.12 bits per heavy atom. The molecule has 1 amide bonds. The second-order valence-corrected chi connectivity index (χ2v) is 7.00. The molecule has 26 heavy (non-hydrogen) atoms. The fourth-order valence-electron chi connectivity index (χ4n) is 2.76. The molecule has 0 spiro atoms. The number of thioether (sulfide) groups is 1. The summed E-state index contributed by atoms with van der Waals surface area (Å²) in [4.78, 5) is 25.6. The minimum absolute atomic E-state index is 0.233. The molecule has 0 saturated carbocycles. The van der Waals surface area contributed by atoms with Gasteiger partial charge in [-0.1, -0.05) is 6.07 Å². The number of amidine groups is 1. The number of aryl methyl sites for hydroxylation is 1. The second-order valence-electron chi connectivity index (χ2n) is 5.97. The van der Waals surface area contributed by atoms with E-state index in [1.165, 1.54) is 25.6 Å². The maximum Gasteiger partial charge on any atom is 0.331 e. The number of methoxy groups -OCH3 is 1. The number of carbonyl (C=O) groups excluding carboxylic acids is 2. The number of nitrogens with one attached hydrogen (secondary N) is 1. The molecule has 3 rings (SSSR count). The minimum Gasteiger partial charge on any atom is -0.466 e. The van der Waals surface area contributed by atoms with Crippen LogP contribution in [-0.4, -0.2) is 43.5 Å². The molecule has 7 nitrogen and oxygen atoms in total. The van der Waals surface area contributed by atoms with E-state index in [1.54, 1.807) is 6.21 Å². The number of ether oxygens (including phenoxy) is 1. The van der Waals surface area contributed by atoms with Crippen molar-refractivity contribution in [2.45, 2.75) is 19.8 Å². The van der Waals surface area contributed by atoms with Crippen molar-refractivity contribution in [1.29, 1.82) is 0 Å². The predicted octanol–water partition coefficient (Wildman–Crippen LogP) is 2.21. The van der Waals surface area contributed by atoms with Gasteiger partial charge in [-0.05, 0) is 54.8 Å². The van der Waals surface area contributed by atoms with E-state index in [4.69, 9.17) is 0 Å². The van der Waals surface area contributed by atoms with Gasteiger partial charge in [-0.2, -0.15) is 5.10 Å². The van der Waals surface area contributed by atoms with Crippen LogP contribution in [0.4, 0.5) is 5.69 Å². The van der Waals surface area contributed by atoms with Gasteiger partial charge in [-0.3, -0.25) is 10.1 Å². The molecule has 1 aromatic carbocycles. The fourth-order valence-corrected chi connectivity index (χ4v) is 3.50. The number of anilines is 1.